The molecule has 1 aliphatic carbocycles. The van der Waals surface area contributed by atoms with Gasteiger partial charge in [0.15, 0.2) is 0 Å². The molecule has 0 spiro atoms. The average Bonchev–Trinajstić information content (AvgIpc) is 3.16. The van der Waals surface area contributed by atoms with Crippen LogP contribution in [0, 0.1) is 17.6 Å². The van der Waals surface area contributed by atoms with E-state index < -0.39 is 29.6 Å². The van der Waals surface area contributed by atoms with Gasteiger partial charge < -0.3 is 10.4 Å². The van der Waals surface area contributed by atoms with Crippen molar-refractivity contribution < 1.29 is 23.5 Å². The Morgan fingerprint density at radius 2 is 2.05 bits per heavy atom. The third kappa shape index (κ3) is 4.01. The van der Waals surface area contributed by atoms with E-state index in [1.165, 1.54) is 6.07 Å². The molecule has 6 heteroatoms. The van der Waals surface area contributed by atoms with E-state index in [0.717, 1.165) is 18.9 Å². The van der Waals surface area contributed by atoms with E-state index in [4.69, 9.17) is 5.11 Å². The molecule has 20 heavy (non-hydrogen) atoms. The molecule has 1 aromatic carbocycles. The fourth-order valence-corrected chi connectivity index (χ4v) is 1.99. The standard InChI is InChI=1S/C14H15F2NO3/c15-10-4-3-9(11(16)7-10)6-13(18)17-12(14(19)20)5-8-1-2-8/h3-4,7-8,12H,1-2,5-6H2,(H,17,18)(H,19,20)/t12-/m0/s1. The number of rotatable bonds is 6. The van der Waals surface area contributed by atoms with Gasteiger partial charge in [-0.2, -0.15) is 0 Å². The maximum atomic E-state index is 13.4. The van der Waals surface area contributed by atoms with Crippen molar-refractivity contribution in [2.45, 2.75) is 31.7 Å². The van der Waals surface area contributed by atoms with Crippen molar-refractivity contribution in [1.29, 1.82) is 0 Å². The van der Waals surface area contributed by atoms with Gasteiger partial charge in [-0.15, -0.1) is 0 Å². The smallest absolute Gasteiger partial charge is 0.326 e. The van der Waals surface area contributed by atoms with Crippen LogP contribution in [0.25, 0.3) is 0 Å². The molecule has 1 aliphatic rings. The predicted octanol–water partition coefficient (Wildman–Crippen LogP) is 1.88. The molecule has 0 radical (unpaired) electrons. The van der Waals surface area contributed by atoms with E-state index in [-0.39, 0.29) is 12.0 Å². The number of carboxylic acid groups (broad SMARTS) is 1. The van der Waals surface area contributed by atoms with Crippen LogP contribution in [0.4, 0.5) is 8.78 Å². The third-order valence-electron chi connectivity index (χ3n) is 3.27. The number of benzene rings is 1. The second kappa shape index (κ2) is 5.98. The molecule has 4 nitrogen and oxygen atoms in total. The van der Waals surface area contributed by atoms with Crippen LogP contribution >= 0.6 is 0 Å². The SMILES string of the molecule is O=C(Cc1ccc(F)cc1F)N[C@@H](CC1CC1)C(=O)O. The van der Waals surface area contributed by atoms with Crippen LogP contribution < -0.4 is 5.32 Å². The summed E-state index contributed by atoms with van der Waals surface area (Å²) < 4.78 is 26.1. The Morgan fingerprint density at radius 1 is 1.35 bits per heavy atom. The Balaban J connectivity index is 1.94. The van der Waals surface area contributed by atoms with Crippen molar-refractivity contribution in [2.24, 2.45) is 5.92 Å². The molecule has 2 rings (SSSR count). The summed E-state index contributed by atoms with van der Waals surface area (Å²) in [6.45, 7) is 0. The van der Waals surface area contributed by atoms with Crippen molar-refractivity contribution in [3.05, 3.63) is 35.4 Å². The minimum absolute atomic E-state index is 0.0412. The fraction of sp³-hybridized carbons (Fsp3) is 0.429. The first kappa shape index (κ1) is 14.4. The lowest BCUT2D eigenvalue weighted by Gasteiger charge is -2.14. The van der Waals surface area contributed by atoms with Crippen LogP contribution in [-0.2, 0) is 16.0 Å². The fourth-order valence-electron chi connectivity index (χ4n) is 1.99. The molecule has 0 aliphatic heterocycles. The van der Waals surface area contributed by atoms with Crippen LogP contribution in [0.5, 0.6) is 0 Å². The summed E-state index contributed by atoms with van der Waals surface area (Å²) in [7, 11) is 0. The van der Waals surface area contributed by atoms with Gasteiger partial charge in [-0.3, -0.25) is 4.79 Å². The van der Waals surface area contributed by atoms with Crippen molar-refractivity contribution in [2.75, 3.05) is 0 Å². The average molecular weight is 283 g/mol. The molecule has 1 fully saturated rings. The molecule has 2 N–H and O–H groups in total. The summed E-state index contributed by atoms with van der Waals surface area (Å²) in [4.78, 5) is 22.8. The first-order valence-electron chi connectivity index (χ1n) is 6.42. The van der Waals surface area contributed by atoms with Crippen molar-refractivity contribution in [1.82, 2.24) is 5.32 Å². The van der Waals surface area contributed by atoms with Crippen LogP contribution in [0.3, 0.4) is 0 Å². The summed E-state index contributed by atoms with van der Waals surface area (Å²) in [6.07, 6.45) is 2.05. The van der Waals surface area contributed by atoms with Crippen LogP contribution in [0.15, 0.2) is 18.2 Å². The van der Waals surface area contributed by atoms with E-state index in [2.05, 4.69) is 5.32 Å². The summed E-state index contributed by atoms with van der Waals surface area (Å²) in [5.41, 5.74) is 0.0412. The van der Waals surface area contributed by atoms with E-state index in [9.17, 15) is 18.4 Å². The summed E-state index contributed by atoms with van der Waals surface area (Å²) in [5.74, 6) is -2.86. The monoisotopic (exact) mass is 283 g/mol. The zero-order valence-electron chi connectivity index (χ0n) is 10.7. The number of halogens is 2. The van der Waals surface area contributed by atoms with Gasteiger partial charge in [-0.1, -0.05) is 18.9 Å². The van der Waals surface area contributed by atoms with Gasteiger partial charge in [-0.25, -0.2) is 13.6 Å². The molecule has 0 aromatic heterocycles. The Labute approximate surface area is 114 Å². The highest BCUT2D eigenvalue weighted by Crippen LogP contribution is 2.33. The Bertz CT molecular complexity index is 529. The highest BCUT2D eigenvalue weighted by Gasteiger charge is 2.30. The molecule has 0 saturated heterocycles. The normalized spacial score (nSPS) is 15.7. The highest BCUT2D eigenvalue weighted by molar-refractivity contribution is 5.84. The Hall–Kier alpha value is -1.98. The summed E-state index contributed by atoms with van der Waals surface area (Å²) >= 11 is 0. The van der Waals surface area contributed by atoms with Crippen LogP contribution in [-0.4, -0.2) is 23.0 Å². The lowest BCUT2D eigenvalue weighted by molar-refractivity contribution is -0.142. The van der Waals surface area contributed by atoms with E-state index in [0.29, 0.717) is 18.4 Å². The van der Waals surface area contributed by atoms with Crippen LogP contribution in [0.2, 0.25) is 0 Å². The number of aliphatic carboxylic acids is 1. The molecule has 1 saturated carbocycles. The Morgan fingerprint density at radius 3 is 2.60 bits per heavy atom. The molecule has 0 heterocycles. The topological polar surface area (TPSA) is 66.4 Å². The molecule has 0 unspecified atom stereocenters. The van der Waals surface area contributed by atoms with Gasteiger partial charge in [0.1, 0.15) is 17.7 Å². The van der Waals surface area contributed by atoms with Crippen molar-refractivity contribution in [3.8, 4) is 0 Å². The van der Waals surface area contributed by atoms with Crippen LogP contribution in [0.1, 0.15) is 24.8 Å². The second-order valence-corrected chi connectivity index (χ2v) is 5.05. The third-order valence-corrected chi connectivity index (χ3v) is 3.27. The molecular weight excluding hydrogens is 268 g/mol. The maximum absolute atomic E-state index is 13.4. The predicted molar refractivity (Wildman–Crippen MR) is 67.0 cm³/mol. The summed E-state index contributed by atoms with van der Waals surface area (Å²) in [5, 5.41) is 11.4. The van der Waals surface area contributed by atoms with Gasteiger partial charge in [0, 0.05) is 6.07 Å². The molecular formula is C14H15F2NO3. The molecule has 108 valence electrons. The molecule has 1 aromatic rings. The van der Waals surface area contributed by atoms with Gasteiger partial charge in [-0.05, 0) is 24.0 Å². The molecule has 1 atom stereocenters. The number of hydrogen-bond acceptors (Lipinski definition) is 2. The number of hydrogen-bond donors (Lipinski definition) is 2. The number of carboxylic acids is 1. The Kier molecular flexibility index (Phi) is 4.32. The van der Waals surface area contributed by atoms with E-state index >= 15 is 0 Å². The quantitative estimate of drug-likeness (QED) is 0.837. The lowest BCUT2D eigenvalue weighted by atomic mass is 10.1. The zero-order valence-corrected chi connectivity index (χ0v) is 10.7. The van der Waals surface area contributed by atoms with E-state index in [1.54, 1.807) is 0 Å². The largest absolute Gasteiger partial charge is 0.480 e. The van der Waals surface area contributed by atoms with Gasteiger partial charge in [0.25, 0.3) is 0 Å². The minimum Gasteiger partial charge on any atom is -0.480 e. The van der Waals surface area contributed by atoms with Gasteiger partial charge in [0.05, 0.1) is 6.42 Å². The second-order valence-electron chi connectivity index (χ2n) is 5.05. The van der Waals surface area contributed by atoms with Crippen molar-refractivity contribution >= 4 is 11.9 Å². The zero-order chi connectivity index (χ0) is 14.7. The number of carbonyl (C=O) groups excluding carboxylic acids is 1. The van der Waals surface area contributed by atoms with Gasteiger partial charge in [0.2, 0.25) is 5.91 Å². The number of nitrogens with one attached hydrogen (secondary N) is 1. The first-order chi connectivity index (χ1) is 9.45. The van der Waals surface area contributed by atoms with Gasteiger partial charge >= 0.3 is 5.97 Å². The first-order valence-corrected chi connectivity index (χ1v) is 6.42. The minimum atomic E-state index is -1.09. The maximum Gasteiger partial charge on any atom is 0.326 e. The summed E-state index contributed by atoms with van der Waals surface area (Å²) in [6, 6.07) is 1.99. The van der Waals surface area contributed by atoms with E-state index in [1.807, 2.05) is 0 Å². The lowest BCUT2D eigenvalue weighted by Crippen LogP contribution is -2.41. The van der Waals surface area contributed by atoms with Crippen molar-refractivity contribution in [3.63, 3.8) is 0 Å². The molecule has 0 bridgehead atoms. The molecule has 1 amide bonds. The highest BCUT2D eigenvalue weighted by atomic mass is 19.1. The number of carbonyl (C=O) groups is 2. The number of amides is 1.